The average Bonchev–Trinajstić information content (AvgIpc) is 3.60. The van der Waals surface area contributed by atoms with Gasteiger partial charge in [0.15, 0.2) is 6.61 Å². The lowest BCUT2D eigenvalue weighted by Crippen LogP contribution is -2.51. The van der Waals surface area contributed by atoms with Crippen molar-refractivity contribution in [1.29, 1.82) is 0 Å². The van der Waals surface area contributed by atoms with Crippen LogP contribution in [0.2, 0.25) is 0 Å². The second kappa shape index (κ2) is 25.5. The van der Waals surface area contributed by atoms with Gasteiger partial charge in [-0.15, -0.1) is 11.8 Å². The molecule has 4 rings (SSSR count). The van der Waals surface area contributed by atoms with E-state index in [9.17, 15) is 14.4 Å². The molecular weight excluding hydrogens is 857 g/mol. The first kappa shape index (κ1) is 55.5. The molecule has 0 amide bonds. The first-order valence-electron chi connectivity index (χ1n) is 25.8. The highest BCUT2D eigenvalue weighted by molar-refractivity contribution is 8.47. The molecule has 3 saturated carbocycles. The van der Waals surface area contributed by atoms with Crippen LogP contribution in [0.5, 0.6) is 0 Å². The van der Waals surface area contributed by atoms with Gasteiger partial charge in [-0.05, 0) is 137 Å². The van der Waals surface area contributed by atoms with Crippen molar-refractivity contribution in [2.75, 3.05) is 32.7 Å². The number of carbonyl (C=O) groups excluding carboxylic acids is 3. The summed E-state index contributed by atoms with van der Waals surface area (Å²) in [6.07, 6.45) is 28.2. The summed E-state index contributed by atoms with van der Waals surface area (Å²) in [5, 5.41) is 0. The topological polar surface area (TPSA) is 88.1 Å². The van der Waals surface area contributed by atoms with Gasteiger partial charge in [-0.25, -0.2) is 4.79 Å². The third-order valence-electron chi connectivity index (χ3n) is 16.5. The predicted octanol–water partition coefficient (Wildman–Crippen LogP) is 14.9. The molecule has 7 nitrogen and oxygen atoms in total. The number of thioether (sulfide) groups is 2. The fraction of sp³-hybridized carbons (Fsp3) is 0.889. The third kappa shape index (κ3) is 15.2. The normalized spacial score (nSPS) is 27.8. The van der Waals surface area contributed by atoms with Crippen molar-refractivity contribution >= 4 is 57.2 Å². The SMILES string of the molecule is CCCCCCCCCCCCSC(=S)SC(C)(CC(C)(C)C(=O)OCCOC)C(=O)OCC(=O)OC1CC[C@@]2(C)C(=CC[C@H]3[C@@H]4CC[C@H](C(C)(C)CCCC(C)C)[C@@]4(C)CC[C@@H]32)C1. The molecule has 8 atom stereocenters. The molecule has 64 heavy (non-hydrogen) atoms. The maximum Gasteiger partial charge on any atom is 0.344 e. The van der Waals surface area contributed by atoms with Crippen LogP contribution in [0, 0.1) is 51.2 Å². The number of hydrogen-bond donors (Lipinski definition) is 0. The molecule has 3 fully saturated rings. The van der Waals surface area contributed by atoms with Gasteiger partial charge < -0.3 is 18.9 Å². The highest BCUT2D eigenvalue weighted by Crippen LogP contribution is 2.69. The van der Waals surface area contributed by atoms with Crippen LogP contribution in [0.4, 0.5) is 0 Å². The van der Waals surface area contributed by atoms with Crippen molar-refractivity contribution in [2.24, 2.45) is 51.2 Å². The van der Waals surface area contributed by atoms with Crippen molar-refractivity contribution in [3.63, 3.8) is 0 Å². The van der Waals surface area contributed by atoms with Crippen molar-refractivity contribution in [3.8, 4) is 0 Å². The van der Waals surface area contributed by atoms with Gasteiger partial charge in [-0.3, -0.25) is 9.59 Å². The Balaban J connectivity index is 1.31. The minimum atomic E-state index is -1.22. The van der Waals surface area contributed by atoms with Gasteiger partial charge in [0, 0.05) is 13.5 Å². The largest absolute Gasteiger partial charge is 0.463 e. The van der Waals surface area contributed by atoms with Crippen molar-refractivity contribution in [3.05, 3.63) is 11.6 Å². The second-order valence-electron chi connectivity index (χ2n) is 22.9. The Kier molecular flexibility index (Phi) is 22.1. The van der Waals surface area contributed by atoms with E-state index < -0.39 is 34.7 Å². The van der Waals surface area contributed by atoms with E-state index in [4.69, 9.17) is 31.2 Å². The van der Waals surface area contributed by atoms with Crippen LogP contribution in [-0.4, -0.2) is 65.0 Å². The molecule has 2 unspecified atom stereocenters. The Morgan fingerprint density at radius 1 is 0.828 bits per heavy atom. The van der Waals surface area contributed by atoms with Crippen LogP contribution in [0.3, 0.4) is 0 Å². The molecule has 4 aliphatic rings. The van der Waals surface area contributed by atoms with Gasteiger partial charge in [0.1, 0.15) is 21.0 Å². The lowest BCUT2D eigenvalue weighted by Gasteiger charge is -2.59. The van der Waals surface area contributed by atoms with Crippen LogP contribution in [-0.2, 0) is 33.3 Å². The zero-order chi connectivity index (χ0) is 47.2. The van der Waals surface area contributed by atoms with E-state index in [1.165, 1.54) is 114 Å². The van der Waals surface area contributed by atoms with Gasteiger partial charge in [-0.1, -0.05) is 155 Å². The van der Waals surface area contributed by atoms with E-state index >= 15 is 0 Å². The highest BCUT2D eigenvalue weighted by Gasteiger charge is 2.60. The van der Waals surface area contributed by atoms with Crippen LogP contribution in [0.25, 0.3) is 0 Å². The molecular formula is C54H92O7S3. The smallest absolute Gasteiger partial charge is 0.344 e. The minimum absolute atomic E-state index is 0.123. The van der Waals surface area contributed by atoms with Gasteiger partial charge in [0.25, 0.3) is 0 Å². The number of thiocarbonyl (C=S) groups is 1. The van der Waals surface area contributed by atoms with E-state index in [1.54, 1.807) is 39.6 Å². The summed E-state index contributed by atoms with van der Waals surface area (Å²) in [4.78, 5) is 40.7. The molecule has 0 saturated heterocycles. The van der Waals surface area contributed by atoms with E-state index in [2.05, 4.69) is 54.5 Å². The summed E-state index contributed by atoms with van der Waals surface area (Å²) in [5.41, 5.74) is 1.39. The standard InChI is InChI=1S/C54H92O7S3/c1-12-13-14-15-16-17-18-19-20-21-35-63-49(62)64-54(10,38-51(6,7)47(56)59-34-33-58-11)48(57)60-37-46(55)61-41-28-31-52(8)40(36-41)24-25-42-43-26-27-45(53(43,9)32-29-44(42)52)50(4,5)30-22-23-39(2)3/h24,39,41-45H,12-23,25-38H2,1-11H3/t41?,42-,43-,44-,45+,52-,53-,54?/m0/s1. The summed E-state index contributed by atoms with van der Waals surface area (Å²) in [6, 6.07) is 0. The van der Waals surface area contributed by atoms with E-state index in [-0.39, 0.29) is 31.2 Å². The summed E-state index contributed by atoms with van der Waals surface area (Å²) < 4.78 is 21.8. The molecule has 0 radical (unpaired) electrons. The number of hydrogen-bond acceptors (Lipinski definition) is 10. The number of carbonyl (C=O) groups is 3. The molecule has 0 N–H and O–H groups in total. The number of ether oxygens (including phenoxy) is 4. The lowest BCUT2D eigenvalue weighted by molar-refractivity contribution is -0.166. The molecule has 0 aliphatic heterocycles. The quantitative estimate of drug-likeness (QED) is 0.0261. The number of allylic oxidation sites excluding steroid dienone is 1. The van der Waals surface area contributed by atoms with Crippen LogP contribution >= 0.6 is 35.7 Å². The Morgan fingerprint density at radius 2 is 1.50 bits per heavy atom. The zero-order valence-corrected chi connectivity index (χ0v) is 45.0. The minimum Gasteiger partial charge on any atom is -0.463 e. The maximum atomic E-state index is 14.0. The van der Waals surface area contributed by atoms with Crippen molar-refractivity contribution < 1.29 is 33.3 Å². The van der Waals surface area contributed by atoms with E-state index in [0.29, 0.717) is 20.3 Å². The van der Waals surface area contributed by atoms with Gasteiger partial charge >= 0.3 is 17.9 Å². The summed E-state index contributed by atoms with van der Waals surface area (Å²) in [6.45, 7) is 22.5. The van der Waals surface area contributed by atoms with Crippen molar-refractivity contribution in [2.45, 2.75) is 221 Å². The van der Waals surface area contributed by atoms with Gasteiger partial charge in [0.05, 0.1) is 12.0 Å². The Bertz CT molecular complexity index is 1540. The fourth-order valence-corrected chi connectivity index (χ4v) is 16.4. The zero-order valence-electron chi connectivity index (χ0n) is 42.5. The molecule has 0 aromatic carbocycles. The highest BCUT2D eigenvalue weighted by atomic mass is 32.2. The van der Waals surface area contributed by atoms with Crippen LogP contribution in [0.15, 0.2) is 11.6 Å². The van der Waals surface area contributed by atoms with Crippen molar-refractivity contribution in [1.82, 2.24) is 0 Å². The predicted molar refractivity (Wildman–Crippen MR) is 273 cm³/mol. The van der Waals surface area contributed by atoms with Gasteiger partial charge in [-0.2, -0.15) is 0 Å². The lowest BCUT2D eigenvalue weighted by atomic mass is 9.46. The Labute approximate surface area is 405 Å². The maximum absolute atomic E-state index is 14.0. The molecule has 0 spiro atoms. The van der Waals surface area contributed by atoms with Crippen LogP contribution in [0.1, 0.15) is 210 Å². The van der Waals surface area contributed by atoms with E-state index in [1.807, 2.05) is 0 Å². The molecule has 368 valence electrons. The number of esters is 3. The summed E-state index contributed by atoms with van der Waals surface area (Å²) >= 11 is 8.66. The Hall–Kier alpha value is -1.10. The number of fused-ring (bicyclic) bond motifs is 5. The van der Waals surface area contributed by atoms with E-state index in [0.717, 1.165) is 67.9 Å². The number of methoxy groups -OCH3 is 1. The molecule has 4 aliphatic carbocycles. The molecule has 0 aromatic rings. The molecule has 0 bridgehead atoms. The number of unbranched alkanes of at least 4 members (excludes halogenated alkanes) is 9. The molecule has 0 aromatic heterocycles. The fourth-order valence-electron chi connectivity index (χ4n) is 13.1. The first-order valence-corrected chi connectivity index (χ1v) is 28.0. The molecule has 0 heterocycles. The monoisotopic (exact) mass is 949 g/mol. The first-order chi connectivity index (χ1) is 30.2. The summed E-state index contributed by atoms with van der Waals surface area (Å²) in [7, 11) is 1.56. The summed E-state index contributed by atoms with van der Waals surface area (Å²) in [5.74, 6) is 3.11. The third-order valence-corrected chi connectivity index (χ3v) is 19.4. The Morgan fingerprint density at radius 3 is 2.16 bits per heavy atom. The van der Waals surface area contributed by atoms with Gasteiger partial charge in [0.2, 0.25) is 0 Å². The molecule has 10 heteroatoms. The second-order valence-corrected chi connectivity index (χ2v) is 26.7. The average molecular weight is 950 g/mol. The number of rotatable bonds is 27. The van der Waals surface area contributed by atoms with Crippen LogP contribution < -0.4 is 0 Å².